The normalized spacial score (nSPS) is 11.8. The summed E-state index contributed by atoms with van der Waals surface area (Å²) < 4.78 is 22.7. The fourth-order valence-corrected chi connectivity index (χ4v) is 3.50. The lowest BCUT2D eigenvalue weighted by Crippen LogP contribution is -2.11. The highest BCUT2D eigenvalue weighted by molar-refractivity contribution is 7.89. The smallest absolute Gasteiger partial charge is 0.225 e. The van der Waals surface area contributed by atoms with E-state index in [0.717, 1.165) is 12.0 Å². The lowest BCUT2D eigenvalue weighted by Gasteiger charge is -2.12. The minimum atomic E-state index is -3.64. The molecular formula is C19H19NO2S. The van der Waals surface area contributed by atoms with Gasteiger partial charge in [-0.2, -0.15) is 0 Å². The van der Waals surface area contributed by atoms with E-state index < -0.39 is 10.0 Å². The van der Waals surface area contributed by atoms with Crippen LogP contribution in [0.4, 0.5) is 0 Å². The molecule has 0 saturated heterocycles. The lowest BCUT2D eigenvalue weighted by molar-refractivity contribution is 0.598. The number of benzene rings is 3. The lowest BCUT2D eigenvalue weighted by atomic mass is 9.93. The van der Waals surface area contributed by atoms with E-state index in [2.05, 4.69) is 44.2 Å². The molecule has 2 N–H and O–H groups in total. The van der Waals surface area contributed by atoms with E-state index in [1.54, 1.807) is 12.1 Å². The summed E-state index contributed by atoms with van der Waals surface area (Å²) in [7, 11) is -3.64. The number of hydrogen-bond acceptors (Lipinski definition) is 2. The van der Waals surface area contributed by atoms with E-state index >= 15 is 0 Å². The third kappa shape index (κ3) is 3.14. The first kappa shape index (κ1) is 15.7. The van der Waals surface area contributed by atoms with E-state index in [0.29, 0.717) is 0 Å². The quantitative estimate of drug-likeness (QED) is 0.798. The molecule has 0 bridgehead atoms. The topological polar surface area (TPSA) is 60.2 Å². The molecule has 0 saturated carbocycles. The third-order valence-corrected chi connectivity index (χ3v) is 5.13. The number of fused-ring (bicyclic) bond motifs is 1. The number of aryl methyl sites for hydroxylation is 2. The summed E-state index contributed by atoms with van der Waals surface area (Å²) in [6.07, 6.45) is 0.756. The molecule has 0 heterocycles. The van der Waals surface area contributed by atoms with Crippen LogP contribution in [0.2, 0.25) is 0 Å². The van der Waals surface area contributed by atoms with Crippen molar-refractivity contribution in [3.05, 3.63) is 76.9 Å². The van der Waals surface area contributed by atoms with Crippen molar-refractivity contribution in [2.24, 2.45) is 5.14 Å². The number of primary sulfonamides is 1. The molecule has 0 atom stereocenters. The Bertz CT molecular complexity index is 974. The van der Waals surface area contributed by atoms with Gasteiger partial charge in [-0.15, -0.1) is 0 Å². The second-order valence-electron chi connectivity index (χ2n) is 5.90. The van der Waals surface area contributed by atoms with Crippen LogP contribution in [0.25, 0.3) is 10.8 Å². The van der Waals surface area contributed by atoms with E-state index in [-0.39, 0.29) is 4.90 Å². The van der Waals surface area contributed by atoms with Gasteiger partial charge < -0.3 is 0 Å². The van der Waals surface area contributed by atoms with Crippen molar-refractivity contribution in [3.63, 3.8) is 0 Å². The predicted molar refractivity (Wildman–Crippen MR) is 94.0 cm³/mol. The molecule has 23 heavy (non-hydrogen) atoms. The van der Waals surface area contributed by atoms with E-state index in [1.165, 1.54) is 27.5 Å². The van der Waals surface area contributed by atoms with Crippen LogP contribution < -0.4 is 5.14 Å². The molecule has 3 nitrogen and oxygen atoms in total. The first-order valence-corrected chi connectivity index (χ1v) is 9.00. The van der Waals surface area contributed by atoms with Crippen molar-refractivity contribution >= 4 is 20.8 Å². The highest BCUT2D eigenvalue weighted by atomic mass is 32.2. The van der Waals surface area contributed by atoms with Gasteiger partial charge in [-0.25, -0.2) is 13.6 Å². The molecule has 0 aliphatic rings. The average molecular weight is 325 g/mol. The Morgan fingerprint density at radius 1 is 0.870 bits per heavy atom. The molecule has 4 heteroatoms. The van der Waals surface area contributed by atoms with Gasteiger partial charge in [0.25, 0.3) is 0 Å². The maximum Gasteiger partial charge on any atom is 0.238 e. The monoisotopic (exact) mass is 325 g/mol. The van der Waals surface area contributed by atoms with E-state index in [9.17, 15) is 8.42 Å². The molecule has 118 valence electrons. The fourth-order valence-electron chi connectivity index (χ4n) is 2.99. The standard InChI is InChI=1S/C19H19NO2S/c1-13-6-9-16(19-14(2)4-3-5-18(13)19)12-15-7-10-17(11-8-15)23(20,21)22/h3-11H,12H2,1-2H3,(H2,20,21,22). The molecule has 0 unspecified atom stereocenters. The van der Waals surface area contributed by atoms with Crippen LogP contribution >= 0.6 is 0 Å². The molecule has 0 fully saturated rings. The van der Waals surface area contributed by atoms with Crippen molar-refractivity contribution in [3.8, 4) is 0 Å². The fraction of sp³-hybridized carbons (Fsp3) is 0.158. The molecule has 0 aliphatic heterocycles. The van der Waals surface area contributed by atoms with Crippen molar-refractivity contribution < 1.29 is 8.42 Å². The molecule has 3 aromatic carbocycles. The summed E-state index contributed by atoms with van der Waals surface area (Å²) in [6, 6.07) is 17.4. The summed E-state index contributed by atoms with van der Waals surface area (Å²) in [5, 5.41) is 7.69. The van der Waals surface area contributed by atoms with Crippen LogP contribution in [0.1, 0.15) is 22.3 Å². The van der Waals surface area contributed by atoms with Crippen LogP contribution in [-0.2, 0) is 16.4 Å². The van der Waals surface area contributed by atoms with Gasteiger partial charge in [0.2, 0.25) is 10.0 Å². The van der Waals surface area contributed by atoms with Crippen LogP contribution in [0.5, 0.6) is 0 Å². The Labute approximate surface area is 136 Å². The van der Waals surface area contributed by atoms with E-state index in [4.69, 9.17) is 5.14 Å². The number of rotatable bonds is 3. The number of hydrogen-bond donors (Lipinski definition) is 1. The van der Waals surface area contributed by atoms with Crippen molar-refractivity contribution in [1.82, 2.24) is 0 Å². The van der Waals surface area contributed by atoms with Gasteiger partial charge in [-0.05, 0) is 65.4 Å². The van der Waals surface area contributed by atoms with Gasteiger partial charge in [0.05, 0.1) is 4.90 Å². The van der Waals surface area contributed by atoms with Gasteiger partial charge in [0.15, 0.2) is 0 Å². The van der Waals surface area contributed by atoms with Crippen molar-refractivity contribution in [2.45, 2.75) is 25.2 Å². The Kier molecular flexibility index (Phi) is 3.96. The summed E-state index contributed by atoms with van der Waals surface area (Å²) in [5.41, 5.74) is 4.82. The molecule has 0 amide bonds. The Morgan fingerprint density at radius 2 is 1.57 bits per heavy atom. The summed E-state index contributed by atoms with van der Waals surface area (Å²) in [4.78, 5) is 0.145. The van der Waals surface area contributed by atoms with Crippen molar-refractivity contribution in [1.29, 1.82) is 0 Å². The first-order chi connectivity index (χ1) is 10.9. The summed E-state index contributed by atoms with van der Waals surface area (Å²) >= 11 is 0. The predicted octanol–water partition coefficient (Wildman–Crippen LogP) is 3.69. The molecule has 0 spiro atoms. The Morgan fingerprint density at radius 3 is 2.22 bits per heavy atom. The first-order valence-electron chi connectivity index (χ1n) is 7.46. The molecule has 3 rings (SSSR count). The third-order valence-electron chi connectivity index (χ3n) is 4.20. The van der Waals surface area contributed by atoms with Gasteiger partial charge >= 0.3 is 0 Å². The minimum Gasteiger partial charge on any atom is -0.225 e. The zero-order valence-electron chi connectivity index (χ0n) is 13.2. The van der Waals surface area contributed by atoms with Crippen LogP contribution in [0, 0.1) is 13.8 Å². The molecule has 0 aliphatic carbocycles. The van der Waals surface area contributed by atoms with Gasteiger partial charge in [0, 0.05) is 0 Å². The SMILES string of the molecule is Cc1ccc(Cc2ccc(S(N)(=O)=O)cc2)c2c(C)cccc12. The largest absolute Gasteiger partial charge is 0.238 e. The van der Waals surface area contributed by atoms with Crippen LogP contribution in [-0.4, -0.2) is 8.42 Å². The van der Waals surface area contributed by atoms with Gasteiger partial charge in [-0.3, -0.25) is 0 Å². The second kappa shape index (κ2) is 5.80. The minimum absolute atomic E-state index is 0.145. The van der Waals surface area contributed by atoms with Crippen molar-refractivity contribution in [2.75, 3.05) is 0 Å². The van der Waals surface area contributed by atoms with Gasteiger partial charge in [0.1, 0.15) is 0 Å². The molecule has 0 aromatic heterocycles. The summed E-state index contributed by atoms with van der Waals surface area (Å²) in [6.45, 7) is 4.24. The number of sulfonamides is 1. The molecular weight excluding hydrogens is 306 g/mol. The number of nitrogens with two attached hydrogens (primary N) is 1. The van der Waals surface area contributed by atoms with Crippen LogP contribution in [0.15, 0.2) is 59.5 Å². The summed E-state index contributed by atoms with van der Waals surface area (Å²) in [5.74, 6) is 0. The van der Waals surface area contributed by atoms with E-state index in [1.807, 2.05) is 12.1 Å². The zero-order valence-corrected chi connectivity index (χ0v) is 14.0. The average Bonchev–Trinajstić information content (AvgIpc) is 2.50. The highest BCUT2D eigenvalue weighted by Crippen LogP contribution is 2.27. The van der Waals surface area contributed by atoms with Crippen LogP contribution in [0.3, 0.4) is 0 Å². The highest BCUT2D eigenvalue weighted by Gasteiger charge is 2.09. The molecule has 0 radical (unpaired) electrons. The second-order valence-corrected chi connectivity index (χ2v) is 7.47. The zero-order chi connectivity index (χ0) is 16.6. The maximum atomic E-state index is 11.3. The Balaban J connectivity index is 2.04. The Hall–Kier alpha value is -2.17. The maximum absolute atomic E-state index is 11.3. The van der Waals surface area contributed by atoms with Gasteiger partial charge in [-0.1, -0.05) is 42.5 Å². The molecule has 3 aromatic rings.